The second-order valence-corrected chi connectivity index (χ2v) is 14.3. The largest absolute Gasteiger partial charge is 0.352 e. The Morgan fingerprint density at radius 2 is 1.57 bits per heavy atom. The molecule has 3 aromatic rings. The van der Waals surface area contributed by atoms with Crippen molar-refractivity contribution in [1.82, 2.24) is 10.2 Å². The predicted octanol–water partition coefficient (Wildman–Crippen LogP) is 6.86. The highest BCUT2D eigenvalue weighted by Gasteiger charge is 2.33. The molecule has 1 atom stereocenters. The van der Waals surface area contributed by atoms with Crippen LogP contribution in [0.3, 0.4) is 0 Å². The minimum atomic E-state index is -3.61. The summed E-state index contributed by atoms with van der Waals surface area (Å²) in [4.78, 5) is 29.6. The molecule has 0 radical (unpaired) electrons. The molecule has 1 aliphatic rings. The number of nitrogens with zero attached hydrogens (tertiary/aromatic N) is 2. The number of nitrogens with one attached hydrogen (secondary N) is 1. The summed E-state index contributed by atoms with van der Waals surface area (Å²) in [7, 11) is -3.61. The molecule has 10 heteroatoms. The summed E-state index contributed by atoms with van der Waals surface area (Å²) in [6, 6.07) is 19.6. The summed E-state index contributed by atoms with van der Waals surface area (Å²) in [5, 5.41) is 4.00. The number of rotatable bonds is 13. The third kappa shape index (κ3) is 8.77. The Balaban J connectivity index is 1.63. The van der Waals surface area contributed by atoms with E-state index in [0.29, 0.717) is 27.7 Å². The number of amides is 2. The van der Waals surface area contributed by atoms with Gasteiger partial charge in [0, 0.05) is 47.6 Å². The van der Waals surface area contributed by atoms with Crippen molar-refractivity contribution < 1.29 is 18.0 Å². The number of carbonyl (C=O) groups is 2. The molecule has 0 aromatic heterocycles. The third-order valence-electron chi connectivity index (χ3n) is 8.36. The van der Waals surface area contributed by atoms with Crippen LogP contribution in [0.15, 0.2) is 66.7 Å². The molecule has 0 saturated heterocycles. The highest BCUT2D eigenvalue weighted by molar-refractivity contribution is 7.92. The molecule has 3 aromatic carbocycles. The second kappa shape index (κ2) is 15.3. The fourth-order valence-electron chi connectivity index (χ4n) is 5.76. The summed E-state index contributed by atoms with van der Waals surface area (Å²) >= 11 is 13.1. The van der Waals surface area contributed by atoms with Crippen LogP contribution in [0.25, 0.3) is 0 Å². The molecule has 1 saturated carbocycles. The second-order valence-electron chi connectivity index (χ2n) is 11.6. The van der Waals surface area contributed by atoms with Crippen LogP contribution in [0.4, 0.5) is 5.69 Å². The Labute approximate surface area is 271 Å². The topological polar surface area (TPSA) is 86.8 Å². The van der Waals surface area contributed by atoms with Crippen molar-refractivity contribution in [2.75, 3.05) is 17.1 Å². The molecular weight excluding hydrogens is 617 g/mol. The third-order valence-corrected chi connectivity index (χ3v) is 10.2. The highest BCUT2D eigenvalue weighted by atomic mass is 35.5. The van der Waals surface area contributed by atoms with Crippen molar-refractivity contribution in [3.63, 3.8) is 0 Å². The maximum atomic E-state index is 14.1. The maximum absolute atomic E-state index is 14.1. The van der Waals surface area contributed by atoms with Crippen LogP contribution in [0.2, 0.25) is 10.0 Å². The predicted molar refractivity (Wildman–Crippen MR) is 179 cm³/mol. The molecule has 4 rings (SSSR count). The van der Waals surface area contributed by atoms with Crippen LogP contribution in [0.5, 0.6) is 0 Å². The van der Waals surface area contributed by atoms with Gasteiger partial charge in [0.25, 0.3) is 0 Å². The zero-order valence-corrected chi connectivity index (χ0v) is 27.9. The summed E-state index contributed by atoms with van der Waals surface area (Å²) < 4.78 is 27.0. The van der Waals surface area contributed by atoms with E-state index in [1.54, 1.807) is 29.2 Å². The van der Waals surface area contributed by atoms with Crippen LogP contribution in [-0.4, -0.2) is 50.0 Å². The van der Waals surface area contributed by atoms with Crippen molar-refractivity contribution in [1.29, 1.82) is 0 Å². The van der Waals surface area contributed by atoms with Gasteiger partial charge < -0.3 is 10.2 Å². The van der Waals surface area contributed by atoms with Gasteiger partial charge in [0.1, 0.15) is 6.04 Å². The van der Waals surface area contributed by atoms with Crippen LogP contribution < -0.4 is 9.62 Å². The molecule has 1 N–H and O–H groups in total. The van der Waals surface area contributed by atoms with Crippen LogP contribution in [0.1, 0.15) is 60.8 Å². The first-order chi connectivity index (χ1) is 21.0. The van der Waals surface area contributed by atoms with Gasteiger partial charge in [-0.05, 0) is 68.0 Å². The molecule has 0 heterocycles. The lowest BCUT2D eigenvalue weighted by Crippen LogP contribution is -2.52. The summed E-state index contributed by atoms with van der Waals surface area (Å²) in [6.07, 6.45) is 5.71. The van der Waals surface area contributed by atoms with E-state index >= 15 is 0 Å². The van der Waals surface area contributed by atoms with Gasteiger partial charge in [0.15, 0.2) is 0 Å². The summed E-state index contributed by atoms with van der Waals surface area (Å²) in [5.74, 6) is -0.497. The van der Waals surface area contributed by atoms with Crippen molar-refractivity contribution in [2.24, 2.45) is 0 Å². The number of anilines is 1. The quantitative estimate of drug-likeness (QED) is 0.218. The normalized spacial score (nSPS) is 14.3. The van der Waals surface area contributed by atoms with Crippen LogP contribution >= 0.6 is 23.2 Å². The molecule has 0 bridgehead atoms. The number of hydrogen-bond donors (Lipinski definition) is 1. The molecular formula is C34H41Cl2N3O4S. The van der Waals surface area contributed by atoms with E-state index in [1.807, 2.05) is 56.3 Å². The minimum absolute atomic E-state index is 0.0287. The fraction of sp³-hybridized carbons (Fsp3) is 0.412. The van der Waals surface area contributed by atoms with Crippen molar-refractivity contribution >= 4 is 50.7 Å². The zero-order chi connectivity index (χ0) is 31.9. The average Bonchev–Trinajstić information content (AvgIpc) is 3.49. The van der Waals surface area contributed by atoms with Gasteiger partial charge in [0.05, 0.1) is 11.9 Å². The Kier molecular flexibility index (Phi) is 11.7. The highest BCUT2D eigenvalue weighted by Crippen LogP contribution is 2.29. The number of benzene rings is 3. The number of hydrogen-bond acceptors (Lipinski definition) is 4. The molecule has 2 amide bonds. The number of carbonyl (C=O) groups excluding carboxylic acids is 2. The molecule has 0 spiro atoms. The minimum Gasteiger partial charge on any atom is -0.352 e. The molecule has 7 nitrogen and oxygen atoms in total. The molecule has 0 aliphatic heterocycles. The van der Waals surface area contributed by atoms with Crippen molar-refractivity contribution in [3.8, 4) is 0 Å². The summed E-state index contributed by atoms with van der Waals surface area (Å²) in [6.45, 7) is 3.98. The standard InChI is InChI=1S/C34H41Cl2N3O4S/c1-24-12-9-19-31(25(24)2)39(44(3,42)43)21-11-20-33(40)38(23-28-29(35)17-10-18-30(28)36)32(22-26-13-5-4-6-14-26)34(41)37-27-15-7-8-16-27/h4-6,9-10,12-14,17-19,27,32H,7-8,11,15-16,20-23H2,1-3H3,(H,37,41). The molecule has 1 aliphatic carbocycles. The van der Waals surface area contributed by atoms with E-state index in [0.717, 1.165) is 42.4 Å². The number of aryl methyl sites for hydroxylation is 1. The van der Waals surface area contributed by atoms with Gasteiger partial charge in [-0.25, -0.2) is 8.42 Å². The Bertz CT molecular complexity index is 1540. The van der Waals surface area contributed by atoms with E-state index in [4.69, 9.17) is 23.2 Å². The molecule has 236 valence electrons. The van der Waals surface area contributed by atoms with Crippen molar-refractivity contribution in [2.45, 2.75) is 77.4 Å². The van der Waals surface area contributed by atoms with Gasteiger partial charge >= 0.3 is 0 Å². The fourth-order valence-corrected chi connectivity index (χ4v) is 7.30. The van der Waals surface area contributed by atoms with Gasteiger partial charge in [0.2, 0.25) is 21.8 Å². The van der Waals surface area contributed by atoms with E-state index in [-0.39, 0.29) is 43.8 Å². The van der Waals surface area contributed by atoms with Gasteiger partial charge in [-0.2, -0.15) is 0 Å². The van der Waals surface area contributed by atoms with E-state index in [1.165, 1.54) is 10.6 Å². The smallest absolute Gasteiger partial charge is 0.243 e. The number of sulfonamides is 1. The lowest BCUT2D eigenvalue weighted by molar-refractivity contribution is -0.141. The average molecular weight is 659 g/mol. The Hall–Kier alpha value is -3.07. The van der Waals surface area contributed by atoms with Crippen LogP contribution in [-0.2, 0) is 32.6 Å². The van der Waals surface area contributed by atoms with Crippen molar-refractivity contribution in [3.05, 3.63) is 99.0 Å². The molecule has 1 unspecified atom stereocenters. The molecule has 44 heavy (non-hydrogen) atoms. The lowest BCUT2D eigenvalue weighted by atomic mass is 10.0. The van der Waals surface area contributed by atoms with E-state index in [9.17, 15) is 18.0 Å². The zero-order valence-electron chi connectivity index (χ0n) is 25.6. The Morgan fingerprint density at radius 3 is 2.20 bits per heavy atom. The van der Waals surface area contributed by atoms with Gasteiger partial charge in [-0.1, -0.05) is 84.6 Å². The van der Waals surface area contributed by atoms with Gasteiger partial charge in [-0.15, -0.1) is 0 Å². The first-order valence-corrected chi connectivity index (χ1v) is 17.7. The van der Waals surface area contributed by atoms with E-state index in [2.05, 4.69) is 5.32 Å². The maximum Gasteiger partial charge on any atom is 0.243 e. The first-order valence-electron chi connectivity index (χ1n) is 15.1. The molecule has 1 fully saturated rings. The lowest BCUT2D eigenvalue weighted by Gasteiger charge is -2.33. The van der Waals surface area contributed by atoms with Gasteiger partial charge in [-0.3, -0.25) is 13.9 Å². The van der Waals surface area contributed by atoms with Crippen LogP contribution in [0, 0.1) is 13.8 Å². The first kappa shape index (κ1) is 33.8. The van der Waals surface area contributed by atoms with E-state index < -0.39 is 16.1 Å². The summed E-state index contributed by atoms with van der Waals surface area (Å²) in [5.41, 5.74) is 3.92. The Morgan fingerprint density at radius 1 is 0.932 bits per heavy atom. The SMILES string of the molecule is Cc1cccc(N(CCCC(=O)N(Cc2c(Cl)cccc2Cl)C(Cc2ccccc2)C(=O)NC2CCCC2)S(C)(=O)=O)c1C. The number of halogens is 2. The monoisotopic (exact) mass is 657 g/mol.